The number of benzene rings is 1. The summed E-state index contributed by atoms with van der Waals surface area (Å²) in [6, 6.07) is 5.72. The van der Waals surface area contributed by atoms with Crippen molar-refractivity contribution in [3.05, 3.63) is 30.1 Å². The molecule has 0 saturated heterocycles. The van der Waals surface area contributed by atoms with Gasteiger partial charge >= 0.3 is 0 Å². The van der Waals surface area contributed by atoms with Crippen molar-refractivity contribution in [2.75, 3.05) is 39.0 Å². The molecule has 0 aliphatic carbocycles. The van der Waals surface area contributed by atoms with E-state index in [2.05, 4.69) is 10.6 Å². The predicted molar refractivity (Wildman–Crippen MR) is 66.5 cm³/mol. The van der Waals surface area contributed by atoms with Gasteiger partial charge in [-0.3, -0.25) is 9.69 Å². The summed E-state index contributed by atoms with van der Waals surface area (Å²) in [5.74, 6) is -0.413. The van der Waals surface area contributed by atoms with E-state index in [1.54, 1.807) is 12.1 Å². The molecule has 0 unspecified atom stereocenters. The van der Waals surface area contributed by atoms with E-state index in [0.29, 0.717) is 12.2 Å². The second kappa shape index (κ2) is 6.98. The molecular formula is C12H18FN3O. The molecule has 5 heteroatoms. The molecule has 0 fully saturated rings. The first kappa shape index (κ1) is 13.6. The fourth-order valence-corrected chi connectivity index (χ4v) is 1.36. The Kier molecular flexibility index (Phi) is 5.59. The Morgan fingerprint density at radius 3 is 2.59 bits per heavy atom. The van der Waals surface area contributed by atoms with Crippen molar-refractivity contribution in [1.29, 1.82) is 0 Å². The number of anilines is 1. The third kappa shape index (κ3) is 5.42. The molecule has 0 aromatic heterocycles. The number of carbonyl (C=O) groups is 1. The summed E-state index contributed by atoms with van der Waals surface area (Å²) in [6.07, 6.45) is 0. The Balaban J connectivity index is 2.36. The van der Waals surface area contributed by atoms with Crippen LogP contribution in [0.4, 0.5) is 10.1 Å². The van der Waals surface area contributed by atoms with Crippen LogP contribution >= 0.6 is 0 Å². The summed E-state index contributed by atoms with van der Waals surface area (Å²) in [4.78, 5) is 13.5. The lowest BCUT2D eigenvalue weighted by Gasteiger charge is -2.15. The Bertz CT molecular complexity index is 353. The zero-order valence-electron chi connectivity index (χ0n) is 10.2. The number of halogens is 1. The zero-order valence-corrected chi connectivity index (χ0v) is 10.2. The Morgan fingerprint density at radius 2 is 2.00 bits per heavy atom. The number of likely N-dealkylation sites (N-methyl/N-ethyl adjacent to an activating group) is 2. The third-order valence-corrected chi connectivity index (χ3v) is 2.29. The highest BCUT2D eigenvalue weighted by Gasteiger charge is 2.06. The van der Waals surface area contributed by atoms with Crippen LogP contribution in [0.5, 0.6) is 0 Å². The molecule has 0 spiro atoms. The fourth-order valence-electron chi connectivity index (χ4n) is 1.36. The molecule has 1 rings (SSSR count). The van der Waals surface area contributed by atoms with Crippen molar-refractivity contribution in [3.63, 3.8) is 0 Å². The van der Waals surface area contributed by atoms with E-state index in [1.165, 1.54) is 12.1 Å². The van der Waals surface area contributed by atoms with Gasteiger partial charge in [-0.15, -0.1) is 0 Å². The summed E-state index contributed by atoms with van der Waals surface area (Å²) in [7, 11) is 3.74. The molecule has 94 valence electrons. The van der Waals surface area contributed by atoms with Gasteiger partial charge in [0.25, 0.3) is 0 Å². The number of carbonyl (C=O) groups excluding carboxylic acids is 1. The molecule has 0 radical (unpaired) electrons. The van der Waals surface area contributed by atoms with Crippen molar-refractivity contribution >= 4 is 11.6 Å². The number of nitrogens with zero attached hydrogens (tertiary/aromatic N) is 1. The van der Waals surface area contributed by atoms with E-state index in [-0.39, 0.29) is 11.7 Å². The van der Waals surface area contributed by atoms with E-state index >= 15 is 0 Å². The second-order valence-electron chi connectivity index (χ2n) is 3.90. The molecule has 17 heavy (non-hydrogen) atoms. The number of hydrogen-bond donors (Lipinski definition) is 2. The highest BCUT2D eigenvalue weighted by molar-refractivity contribution is 5.92. The Hall–Kier alpha value is -1.46. The normalized spacial score (nSPS) is 10.6. The first-order valence-electron chi connectivity index (χ1n) is 5.50. The van der Waals surface area contributed by atoms with E-state index < -0.39 is 0 Å². The average Bonchev–Trinajstić information content (AvgIpc) is 2.29. The van der Waals surface area contributed by atoms with Crippen molar-refractivity contribution in [1.82, 2.24) is 10.2 Å². The molecule has 0 bridgehead atoms. The van der Waals surface area contributed by atoms with Gasteiger partial charge in [-0.1, -0.05) is 0 Å². The summed E-state index contributed by atoms with van der Waals surface area (Å²) >= 11 is 0. The van der Waals surface area contributed by atoms with E-state index in [0.717, 1.165) is 13.1 Å². The summed E-state index contributed by atoms with van der Waals surface area (Å²) in [5.41, 5.74) is 0.610. The van der Waals surface area contributed by atoms with Crippen LogP contribution < -0.4 is 10.6 Å². The van der Waals surface area contributed by atoms with Gasteiger partial charge in [0.15, 0.2) is 0 Å². The maximum atomic E-state index is 12.6. The monoisotopic (exact) mass is 239 g/mol. The van der Waals surface area contributed by atoms with E-state index in [1.807, 2.05) is 19.0 Å². The average molecular weight is 239 g/mol. The first-order valence-corrected chi connectivity index (χ1v) is 5.50. The topological polar surface area (TPSA) is 44.4 Å². The van der Waals surface area contributed by atoms with Gasteiger partial charge < -0.3 is 10.6 Å². The molecule has 0 aliphatic heterocycles. The lowest BCUT2D eigenvalue weighted by Crippen LogP contribution is -2.34. The largest absolute Gasteiger partial charge is 0.325 e. The van der Waals surface area contributed by atoms with Crippen molar-refractivity contribution in [2.45, 2.75) is 0 Å². The van der Waals surface area contributed by atoms with Gasteiger partial charge in [0.1, 0.15) is 5.82 Å². The van der Waals surface area contributed by atoms with Crippen molar-refractivity contribution in [2.24, 2.45) is 0 Å². The van der Waals surface area contributed by atoms with Gasteiger partial charge in [0, 0.05) is 18.8 Å². The van der Waals surface area contributed by atoms with Crippen LogP contribution in [-0.4, -0.2) is 44.5 Å². The van der Waals surface area contributed by atoms with Gasteiger partial charge in [-0.2, -0.15) is 0 Å². The molecule has 1 aromatic rings. The third-order valence-electron chi connectivity index (χ3n) is 2.29. The van der Waals surface area contributed by atoms with Gasteiger partial charge in [0.05, 0.1) is 6.54 Å². The highest BCUT2D eigenvalue weighted by Crippen LogP contribution is 2.07. The summed E-state index contributed by atoms with van der Waals surface area (Å²) < 4.78 is 12.6. The fraction of sp³-hybridized carbons (Fsp3) is 0.417. The van der Waals surface area contributed by atoms with Crippen LogP contribution in [-0.2, 0) is 4.79 Å². The van der Waals surface area contributed by atoms with Gasteiger partial charge in [-0.05, 0) is 38.4 Å². The van der Waals surface area contributed by atoms with E-state index in [9.17, 15) is 9.18 Å². The zero-order chi connectivity index (χ0) is 12.7. The lowest BCUT2D eigenvalue weighted by atomic mass is 10.3. The molecule has 4 nitrogen and oxygen atoms in total. The molecular weight excluding hydrogens is 221 g/mol. The Labute approximate surface area is 101 Å². The van der Waals surface area contributed by atoms with Crippen LogP contribution in [0.1, 0.15) is 0 Å². The molecule has 1 aromatic carbocycles. The SMILES string of the molecule is CNCCN(C)CC(=O)Nc1ccc(F)cc1. The van der Waals surface area contributed by atoms with E-state index in [4.69, 9.17) is 0 Å². The predicted octanol–water partition coefficient (Wildman–Crippen LogP) is 0.915. The number of amides is 1. The van der Waals surface area contributed by atoms with Crippen molar-refractivity contribution in [3.8, 4) is 0 Å². The maximum absolute atomic E-state index is 12.6. The number of nitrogens with one attached hydrogen (secondary N) is 2. The van der Waals surface area contributed by atoms with Crippen LogP contribution in [0.2, 0.25) is 0 Å². The van der Waals surface area contributed by atoms with Crippen LogP contribution in [0.25, 0.3) is 0 Å². The number of rotatable bonds is 6. The standard InChI is InChI=1S/C12H18FN3O/c1-14-7-8-16(2)9-12(17)15-11-5-3-10(13)4-6-11/h3-6,14H,7-9H2,1-2H3,(H,15,17). The van der Waals surface area contributed by atoms with Crippen LogP contribution in [0.15, 0.2) is 24.3 Å². The molecule has 1 amide bonds. The second-order valence-corrected chi connectivity index (χ2v) is 3.90. The smallest absolute Gasteiger partial charge is 0.238 e. The lowest BCUT2D eigenvalue weighted by molar-refractivity contribution is -0.117. The molecule has 2 N–H and O–H groups in total. The van der Waals surface area contributed by atoms with Gasteiger partial charge in [-0.25, -0.2) is 4.39 Å². The minimum atomic E-state index is -0.311. The van der Waals surface area contributed by atoms with Gasteiger partial charge in [0.2, 0.25) is 5.91 Å². The minimum absolute atomic E-state index is 0.102. The first-order chi connectivity index (χ1) is 8.11. The highest BCUT2D eigenvalue weighted by atomic mass is 19.1. The van der Waals surface area contributed by atoms with Crippen LogP contribution in [0, 0.1) is 5.82 Å². The molecule has 0 saturated carbocycles. The minimum Gasteiger partial charge on any atom is -0.325 e. The number of hydrogen-bond acceptors (Lipinski definition) is 3. The van der Waals surface area contributed by atoms with Crippen molar-refractivity contribution < 1.29 is 9.18 Å². The molecule has 0 aliphatic rings. The molecule has 0 heterocycles. The quantitative estimate of drug-likeness (QED) is 0.775. The maximum Gasteiger partial charge on any atom is 0.238 e. The molecule has 0 atom stereocenters. The summed E-state index contributed by atoms with van der Waals surface area (Å²) in [5, 5.41) is 5.72. The van der Waals surface area contributed by atoms with Crippen LogP contribution in [0.3, 0.4) is 0 Å². The Morgan fingerprint density at radius 1 is 1.35 bits per heavy atom. The summed E-state index contributed by atoms with van der Waals surface area (Å²) in [6.45, 7) is 1.95.